The van der Waals surface area contributed by atoms with Crippen molar-refractivity contribution in [3.8, 4) is 5.75 Å². The van der Waals surface area contributed by atoms with Gasteiger partial charge in [0.15, 0.2) is 18.9 Å². The molecule has 12 nitrogen and oxygen atoms in total. The quantitative estimate of drug-likeness (QED) is 0.101. The van der Waals surface area contributed by atoms with Gasteiger partial charge in [-0.2, -0.15) is 5.11 Å². The van der Waals surface area contributed by atoms with Gasteiger partial charge in [-0.1, -0.05) is 6.07 Å². The molecular formula is C36H44N9O3+3. The predicted molar refractivity (Wildman–Crippen MR) is 181 cm³/mol. The van der Waals surface area contributed by atoms with E-state index in [0.717, 1.165) is 73.3 Å². The lowest BCUT2D eigenvalue weighted by atomic mass is 10.2. The molecule has 0 saturated carbocycles. The SMILES string of the molecule is COc1ccc(N=Nc2ccc[n+](CCC[n+]3ccn(CCC[n+]4ccccc4N=Nc4ccc(N(CCO)CCO)cc4)c3)c2)cc1. The van der Waals surface area contributed by atoms with Crippen LogP contribution in [-0.2, 0) is 26.2 Å². The first-order valence-corrected chi connectivity index (χ1v) is 16.2. The molecule has 3 aromatic heterocycles. The molecule has 0 amide bonds. The number of benzene rings is 2. The van der Waals surface area contributed by atoms with E-state index in [-0.39, 0.29) is 13.2 Å². The maximum atomic E-state index is 9.29. The molecule has 0 spiro atoms. The molecule has 0 unspecified atom stereocenters. The molecule has 0 aliphatic rings. The van der Waals surface area contributed by atoms with E-state index in [9.17, 15) is 10.2 Å². The summed E-state index contributed by atoms with van der Waals surface area (Å²) >= 11 is 0. The molecule has 0 aliphatic carbocycles. The van der Waals surface area contributed by atoms with Crippen LogP contribution in [-0.4, -0.2) is 48.2 Å². The second kappa shape index (κ2) is 18.1. The van der Waals surface area contributed by atoms with Crippen molar-refractivity contribution in [3.63, 3.8) is 0 Å². The number of methoxy groups -OCH3 is 1. The maximum absolute atomic E-state index is 9.29. The number of nitrogens with zero attached hydrogens (tertiary/aromatic N) is 9. The normalized spacial score (nSPS) is 11.5. The first kappa shape index (κ1) is 34.0. The number of aromatic nitrogens is 4. The molecule has 0 bridgehead atoms. The van der Waals surface area contributed by atoms with Crippen LogP contribution < -0.4 is 23.3 Å². The van der Waals surface area contributed by atoms with Gasteiger partial charge in [0.25, 0.3) is 0 Å². The van der Waals surface area contributed by atoms with Gasteiger partial charge in [0, 0.05) is 43.8 Å². The molecule has 0 fully saturated rings. The lowest BCUT2D eigenvalue weighted by molar-refractivity contribution is -0.726. The molecule has 0 saturated heterocycles. The summed E-state index contributed by atoms with van der Waals surface area (Å²) < 4.78 is 13.9. The van der Waals surface area contributed by atoms with E-state index >= 15 is 0 Å². The third-order valence-corrected chi connectivity index (χ3v) is 7.73. The van der Waals surface area contributed by atoms with Crippen LogP contribution >= 0.6 is 0 Å². The topological polar surface area (TPSA) is 119 Å². The number of aliphatic hydroxyl groups excluding tert-OH is 2. The fourth-order valence-electron chi connectivity index (χ4n) is 5.23. The van der Waals surface area contributed by atoms with Crippen LogP contribution in [0.3, 0.4) is 0 Å². The number of hydrogen-bond donors (Lipinski definition) is 2. The molecule has 0 aliphatic heterocycles. The van der Waals surface area contributed by atoms with Crippen molar-refractivity contribution in [1.29, 1.82) is 0 Å². The Balaban J connectivity index is 1.07. The molecule has 12 heteroatoms. The molecule has 0 radical (unpaired) electrons. The van der Waals surface area contributed by atoms with Gasteiger partial charge in [-0.25, -0.2) is 18.3 Å². The summed E-state index contributed by atoms with van der Waals surface area (Å²) in [6.07, 6.45) is 14.4. The van der Waals surface area contributed by atoms with E-state index in [0.29, 0.717) is 13.1 Å². The minimum Gasteiger partial charge on any atom is -0.497 e. The monoisotopic (exact) mass is 650 g/mol. The predicted octanol–water partition coefficient (Wildman–Crippen LogP) is 5.16. The second-order valence-electron chi connectivity index (χ2n) is 11.2. The van der Waals surface area contributed by atoms with E-state index in [1.165, 1.54) is 0 Å². The highest BCUT2D eigenvalue weighted by Crippen LogP contribution is 2.22. The number of ether oxygens (including phenoxy) is 1. The first-order valence-electron chi connectivity index (χ1n) is 16.2. The van der Waals surface area contributed by atoms with E-state index < -0.39 is 0 Å². The maximum Gasteiger partial charge on any atom is 0.350 e. The van der Waals surface area contributed by atoms with Crippen molar-refractivity contribution in [2.45, 2.75) is 39.0 Å². The van der Waals surface area contributed by atoms with Gasteiger partial charge >= 0.3 is 5.82 Å². The molecule has 48 heavy (non-hydrogen) atoms. The van der Waals surface area contributed by atoms with Gasteiger partial charge in [-0.3, -0.25) is 0 Å². The Morgan fingerprint density at radius 3 is 2.15 bits per heavy atom. The molecule has 5 aromatic rings. The summed E-state index contributed by atoms with van der Waals surface area (Å²) in [6.45, 7) is 4.47. The fourth-order valence-corrected chi connectivity index (χ4v) is 5.23. The lowest BCUT2D eigenvalue weighted by Crippen LogP contribution is -2.37. The molecule has 2 aromatic carbocycles. The third-order valence-electron chi connectivity index (χ3n) is 7.73. The molecule has 3 heterocycles. The summed E-state index contributed by atoms with van der Waals surface area (Å²) in [7, 11) is 1.64. The number of anilines is 1. The van der Waals surface area contributed by atoms with Gasteiger partial charge in [0.1, 0.15) is 29.5 Å². The smallest absolute Gasteiger partial charge is 0.350 e. The zero-order valence-electron chi connectivity index (χ0n) is 27.4. The number of aryl methyl sites for hydroxylation is 4. The largest absolute Gasteiger partial charge is 0.497 e. The van der Waals surface area contributed by atoms with Crippen LogP contribution in [0, 0.1) is 0 Å². The third kappa shape index (κ3) is 10.3. The van der Waals surface area contributed by atoms with E-state index in [4.69, 9.17) is 4.74 Å². The average molecular weight is 651 g/mol. The molecule has 0 atom stereocenters. The first-order chi connectivity index (χ1) is 23.6. The lowest BCUT2D eigenvalue weighted by Gasteiger charge is -2.22. The number of imidazole rings is 1. The van der Waals surface area contributed by atoms with E-state index in [1.807, 2.05) is 96.2 Å². The van der Waals surface area contributed by atoms with Crippen molar-refractivity contribution < 1.29 is 28.7 Å². The van der Waals surface area contributed by atoms with Gasteiger partial charge in [-0.15, -0.1) is 5.11 Å². The Morgan fingerprint density at radius 2 is 1.40 bits per heavy atom. The van der Waals surface area contributed by atoms with Crippen molar-refractivity contribution in [3.05, 3.63) is 116 Å². The zero-order valence-corrected chi connectivity index (χ0v) is 27.4. The highest BCUT2D eigenvalue weighted by atomic mass is 16.5. The Morgan fingerprint density at radius 1 is 0.688 bits per heavy atom. The summed E-state index contributed by atoms with van der Waals surface area (Å²) in [5.41, 5.74) is 3.25. The highest BCUT2D eigenvalue weighted by molar-refractivity contribution is 5.52. The summed E-state index contributed by atoms with van der Waals surface area (Å²) in [5, 5.41) is 36.3. The van der Waals surface area contributed by atoms with Crippen molar-refractivity contribution in [1.82, 2.24) is 4.57 Å². The molecule has 2 N–H and O–H groups in total. The molecular weight excluding hydrogens is 606 g/mol. The van der Waals surface area contributed by atoms with Crippen molar-refractivity contribution >= 4 is 28.6 Å². The van der Waals surface area contributed by atoms with Gasteiger partial charge in [0.2, 0.25) is 6.33 Å². The Kier molecular flexibility index (Phi) is 12.8. The van der Waals surface area contributed by atoms with Gasteiger partial charge in [-0.05, 0) is 65.8 Å². The summed E-state index contributed by atoms with van der Waals surface area (Å²) in [5.74, 6) is 1.58. The minimum atomic E-state index is 0.0253. The average Bonchev–Trinajstić information content (AvgIpc) is 3.58. The molecule has 248 valence electrons. The number of rotatable bonds is 18. The van der Waals surface area contributed by atoms with Crippen LogP contribution in [0.2, 0.25) is 0 Å². The van der Waals surface area contributed by atoms with Gasteiger partial charge < -0.3 is 19.8 Å². The van der Waals surface area contributed by atoms with Crippen molar-refractivity contribution in [2.24, 2.45) is 20.5 Å². The number of pyridine rings is 2. The zero-order chi connectivity index (χ0) is 33.4. The Bertz CT molecular complexity index is 1750. The van der Waals surface area contributed by atoms with Crippen LogP contribution in [0.5, 0.6) is 5.75 Å². The van der Waals surface area contributed by atoms with Crippen molar-refractivity contribution in [2.75, 3.05) is 38.3 Å². The second-order valence-corrected chi connectivity index (χ2v) is 11.2. The molecule has 5 rings (SSSR count). The number of aliphatic hydroxyl groups is 2. The van der Waals surface area contributed by atoms with E-state index in [2.05, 4.69) is 63.6 Å². The standard InChI is InChI=1S/C36H44N9O3/c1-48-35-15-11-32(12-16-35)37-39-33-7-4-17-41(29-33)18-5-19-42-23-24-43(30-42)20-6-22-45-21-3-2-8-36(45)40-38-31-9-13-34(14-10-31)44(25-27-46)26-28-47/h2-4,7-17,21,23-24,29-30,46-47H,5-6,18-20,22,25-28H2,1H3/q+3. The summed E-state index contributed by atoms with van der Waals surface area (Å²) in [6, 6.07) is 25.0. The summed E-state index contributed by atoms with van der Waals surface area (Å²) in [4.78, 5) is 1.93. The van der Waals surface area contributed by atoms with Crippen LogP contribution in [0.25, 0.3) is 0 Å². The fraction of sp³-hybridized carbons (Fsp3) is 0.306. The van der Waals surface area contributed by atoms with E-state index in [1.54, 1.807) is 7.11 Å². The highest BCUT2D eigenvalue weighted by Gasteiger charge is 2.12. The minimum absolute atomic E-state index is 0.0253. The Labute approximate surface area is 281 Å². The number of hydrogen-bond acceptors (Lipinski definition) is 8. The van der Waals surface area contributed by atoms with Gasteiger partial charge in [0.05, 0.1) is 57.0 Å². The van der Waals surface area contributed by atoms with Crippen LogP contribution in [0.1, 0.15) is 12.8 Å². The van der Waals surface area contributed by atoms with Crippen LogP contribution in [0.15, 0.2) is 137 Å². The number of azo groups is 2. The van der Waals surface area contributed by atoms with Crippen LogP contribution in [0.4, 0.5) is 28.6 Å². The Hall–Kier alpha value is -5.33.